The average Bonchev–Trinajstić information content (AvgIpc) is 3.29. The molecule has 0 unspecified atom stereocenters. The molecular weight excluding hydrogens is 327 g/mol. The third kappa shape index (κ3) is 4.87. The molecule has 0 radical (unpaired) electrons. The number of hydrogen-bond acceptors (Lipinski definition) is 4. The number of amides is 1. The summed E-state index contributed by atoms with van der Waals surface area (Å²) in [5.74, 6) is -0.362. The van der Waals surface area contributed by atoms with Crippen molar-refractivity contribution in [3.8, 4) is 0 Å². The Bertz CT molecular complexity index is 656. The number of hydrogen-bond donors (Lipinski definition) is 2. The molecule has 3 rings (SSSR count). The molecule has 0 aliphatic heterocycles. The lowest BCUT2D eigenvalue weighted by Gasteiger charge is -2.24. The summed E-state index contributed by atoms with van der Waals surface area (Å²) in [4.78, 5) is 15.3. The van der Waals surface area contributed by atoms with Crippen molar-refractivity contribution in [1.29, 1.82) is 0 Å². The number of nitrogens with zero attached hydrogens (tertiary/aromatic N) is 1. The van der Waals surface area contributed by atoms with Crippen LogP contribution in [-0.2, 0) is 11.3 Å². The Morgan fingerprint density at radius 2 is 2.08 bits per heavy atom. The molecule has 2 N–H and O–H groups in total. The molecule has 128 valence electrons. The van der Waals surface area contributed by atoms with E-state index in [0.29, 0.717) is 24.7 Å². The topological polar surface area (TPSA) is 52.6 Å². The quantitative estimate of drug-likeness (QED) is 0.771. The minimum absolute atomic E-state index is 0.0402. The highest BCUT2D eigenvalue weighted by Crippen LogP contribution is 2.28. The van der Waals surface area contributed by atoms with Gasteiger partial charge in [0.05, 0.1) is 19.2 Å². The van der Waals surface area contributed by atoms with E-state index in [4.69, 9.17) is 0 Å². The Hall–Kier alpha value is -1.76. The van der Waals surface area contributed by atoms with Gasteiger partial charge in [0.15, 0.2) is 0 Å². The van der Waals surface area contributed by atoms with Gasteiger partial charge in [-0.25, -0.2) is 4.39 Å². The first-order valence-electron chi connectivity index (χ1n) is 8.08. The SMILES string of the molecule is O=C(CN(C[C@@H](O)c1ccc(F)cc1)C1CC1)NCc1cccs1. The molecule has 1 heterocycles. The molecule has 0 bridgehead atoms. The number of carbonyl (C=O) groups excluding carboxylic acids is 1. The molecule has 1 saturated carbocycles. The average molecular weight is 348 g/mol. The maximum atomic E-state index is 13.0. The van der Waals surface area contributed by atoms with Gasteiger partial charge >= 0.3 is 0 Å². The van der Waals surface area contributed by atoms with Gasteiger partial charge < -0.3 is 10.4 Å². The van der Waals surface area contributed by atoms with Crippen LogP contribution in [0.3, 0.4) is 0 Å². The van der Waals surface area contributed by atoms with Crippen LogP contribution in [0.2, 0.25) is 0 Å². The molecule has 1 aromatic heterocycles. The molecular formula is C18H21FN2O2S. The minimum Gasteiger partial charge on any atom is -0.387 e. The van der Waals surface area contributed by atoms with Crippen molar-refractivity contribution in [2.24, 2.45) is 0 Å². The fourth-order valence-electron chi connectivity index (χ4n) is 2.63. The normalized spacial score (nSPS) is 15.5. The predicted octanol–water partition coefficient (Wildman–Crippen LogP) is 2.70. The number of aliphatic hydroxyl groups excluding tert-OH is 1. The van der Waals surface area contributed by atoms with E-state index in [1.807, 2.05) is 22.4 Å². The van der Waals surface area contributed by atoms with E-state index in [0.717, 1.165) is 17.7 Å². The maximum Gasteiger partial charge on any atom is 0.234 e. The molecule has 1 aromatic carbocycles. The van der Waals surface area contributed by atoms with Crippen molar-refractivity contribution in [3.63, 3.8) is 0 Å². The third-order valence-electron chi connectivity index (χ3n) is 4.11. The molecule has 1 aliphatic carbocycles. The lowest BCUT2D eigenvalue weighted by atomic mass is 10.1. The van der Waals surface area contributed by atoms with Crippen LogP contribution in [0.25, 0.3) is 0 Å². The number of carbonyl (C=O) groups is 1. The summed E-state index contributed by atoms with van der Waals surface area (Å²) in [5.41, 5.74) is 0.668. The number of halogens is 1. The number of nitrogens with one attached hydrogen (secondary N) is 1. The van der Waals surface area contributed by atoms with Gasteiger partial charge in [0.25, 0.3) is 0 Å². The molecule has 4 nitrogen and oxygen atoms in total. The van der Waals surface area contributed by atoms with Crippen molar-refractivity contribution in [1.82, 2.24) is 10.2 Å². The second kappa shape index (κ2) is 7.88. The first-order chi connectivity index (χ1) is 11.6. The summed E-state index contributed by atoms with van der Waals surface area (Å²) in [6, 6.07) is 10.2. The van der Waals surface area contributed by atoms with Crippen LogP contribution in [0.1, 0.15) is 29.4 Å². The van der Waals surface area contributed by atoms with Gasteiger partial charge in [-0.1, -0.05) is 18.2 Å². The van der Waals surface area contributed by atoms with E-state index in [-0.39, 0.29) is 18.3 Å². The zero-order valence-electron chi connectivity index (χ0n) is 13.3. The number of benzene rings is 1. The molecule has 0 spiro atoms. The highest BCUT2D eigenvalue weighted by Gasteiger charge is 2.31. The summed E-state index contributed by atoms with van der Waals surface area (Å²) in [5, 5.41) is 15.3. The van der Waals surface area contributed by atoms with Crippen LogP contribution in [0.15, 0.2) is 41.8 Å². The highest BCUT2D eigenvalue weighted by molar-refractivity contribution is 7.09. The van der Waals surface area contributed by atoms with E-state index in [1.165, 1.54) is 12.1 Å². The summed E-state index contributed by atoms with van der Waals surface area (Å²) < 4.78 is 13.0. The molecule has 1 aliphatic rings. The minimum atomic E-state index is -0.726. The van der Waals surface area contributed by atoms with Gasteiger partial charge in [-0.3, -0.25) is 9.69 Å². The van der Waals surface area contributed by atoms with Crippen LogP contribution in [0, 0.1) is 5.82 Å². The summed E-state index contributed by atoms with van der Waals surface area (Å²) in [6.45, 7) is 1.19. The van der Waals surface area contributed by atoms with Gasteiger partial charge in [-0.05, 0) is 42.0 Å². The molecule has 1 amide bonds. The Labute approximate surface area is 144 Å². The fraction of sp³-hybridized carbons (Fsp3) is 0.389. The molecule has 24 heavy (non-hydrogen) atoms. The largest absolute Gasteiger partial charge is 0.387 e. The molecule has 2 aromatic rings. The Morgan fingerprint density at radius 3 is 2.71 bits per heavy atom. The Kier molecular flexibility index (Phi) is 5.60. The fourth-order valence-corrected chi connectivity index (χ4v) is 3.28. The summed E-state index contributed by atoms with van der Waals surface area (Å²) in [7, 11) is 0. The number of aliphatic hydroxyl groups is 1. The molecule has 1 fully saturated rings. The van der Waals surface area contributed by atoms with Crippen LogP contribution in [-0.4, -0.2) is 35.0 Å². The lowest BCUT2D eigenvalue weighted by molar-refractivity contribution is -0.122. The van der Waals surface area contributed by atoms with Gasteiger partial charge in [0.2, 0.25) is 5.91 Å². The second-order valence-electron chi connectivity index (χ2n) is 6.08. The van der Waals surface area contributed by atoms with Crippen molar-refractivity contribution < 1.29 is 14.3 Å². The summed E-state index contributed by atoms with van der Waals surface area (Å²) >= 11 is 1.61. The smallest absolute Gasteiger partial charge is 0.234 e. The van der Waals surface area contributed by atoms with Crippen molar-refractivity contribution in [2.45, 2.75) is 31.5 Å². The van der Waals surface area contributed by atoms with Gasteiger partial charge in [-0.2, -0.15) is 0 Å². The van der Waals surface area contributed by atoms with Crippen molar-refractivity contribution >= 4 is 17.2 Å². The van der Waals surface area contributed by atoms with Crippen molar-refractivity contribution in [2.75, 3.05) is 13.1 Å². The van der Waals surface area contributed by atoms with Gasteiger partial charge in [0.1, 0.15) is 5.82 Å². The second-order valence-corrected chi connectivity index (χ2v) is 7.12. The zero-order valence-corrected chi connectivity index (χ0v) is 14.1. The zero-order chi connectivity index (χ0) is 16.9. The van der Waals surface area contributed by atoms with Gasteiger partial charge in [0, 0.05) is 17.5 Å². The van der Waals surface area contributed by atoms with E-state index in [9.17, 15) is 14.3 Å². The molecule has 0 saturated heterocycles. The van der Waals surface area contributed by atoms with Crippen LogP contribution in [0.5, 0.6) is 0 Å². The van der Waals surface area contributed by atoms with Crippen LogP contribution >= 0.6 is 11.3 Å². The monoisotopic (exact) mass is 348 g/mol. The van der Waals surface area contributed by atoms with Crippen LogP contribution < -0.4 is 5.32 Å². The predicted molar refractivity (Wildman–Crippen MR) is 92.1 cm³/mol. The van der Waals surface area contributed by atoms with E-state index in [2.05, 4.69) is 5.32 Å². The molecule has 6 heteroatoms. The van der Waals surface area contributed by atoms with Crippen molar-refractivity contribution in [3.05, 3.63) is 58.0 Å². The van der Waals surface area contributed by atoms with E-state index in [1.54, 1.807) is 23.5 Å². The maximum absolute atomic E-state index is 13.0. The Morgan fingerprint density at radius 1 is 1.33 bits per heavy atom. The number of rotatable bonds is 8. The lowest BCUT2D eigenvalue weighted by Crippen LogP contribution is -2.40. The van der Waals surface area contributed by atoms with Gasteiger partial charge in [-0.15, -0.1) is 11.3 Å². The first-order valence-corrected chi connectivity index (χ1v) is 8.96. The van der Waals surface area contributed by atoms with E-state index >= 15 is 0 Å². The van der Waals surface area contributed by atoms with Crippen LogP contribution in [0.4, 0.5) is 4.39 Å². The Balaban J connectivity index is 1.52. The standard InChI is InChI=1S/C18H21FN2O2S/c19-14-5-3-13(4-6-14)17(22)11-21(15-7-8-15)12-18(23)20-10-16-2-1-9-24-16/h1-6,9,15,17,22H,7-8,10-12H2,(H,20,23)/t17-/m1/s1. The third-order valence-corrected chi connectivity index (χ3v) is 4.99. The first kappa shape index (κ1) is 17.1. The number of thiophene rings is 1. The highest BCUT2D eigenvalue weighted by atomic mass is 32.1. The molecule has 1 atom stereocenters. The summed E-state index contributed by atoms with van der Waals surface area (Å²) in [6.07, 6.45) is 1.37. The van der Waals surface area contributed by atoms with E-state index < -0.39 is 6.10 Å².